The zero-order valence-corrected chi connectivity index (χ0v) is 16.5. The summed E-state index contributed by atoms with van der Waals surface area (Å²) in [6.07, 6.45) is 4.88. The molecule has 2 amide bonds. The molecule has 0 unspecified atom stereocenters. The maximum absolute atomic E-state index is 12.5. The summed E-state index contributed by atoms with van der Waals surface area (Å²) in [5.41, 5.74) is 3.13. The van der Waals surface area contributed by atoms with Crippen molar-refractivity contribution in [3.63, 3.8) is 0 Å². The van der Waals surface area contributed by atoms with Crippen LogP contribution in [0.2, 0.25) is 5.02 Å². The predicted molar refractivity (Wildman–Crippen MR) is 112 cm³/mol. The number of anilines is 2. The fraction of sp³-hybridized carbons (Fsp3) is 0.364. The van der Waals surface area contributed by atoms with Crippen molar-refractivity contribution in [3.05, 3.63) is 58.6 Å². The standard InChI is InChI=1S/C22H24ClN3O2/c23-19-14-16(5-10-20(19)26-11-1-2-12-26)22(28)25-18-6-3-15(4-7-18)13-21(27)24-17-8-9-17/h3-7,10,14,17H,1-2,8-9,11-13H2,(H,24,27)(H,25,28). The molecular formula is C22H24ClN3O2. The van der Waals surface area contributed by atoms with Crippen molar-refractivity contribution in [1.82, 2.24) is 5.32 Å². The minimum Gasteiger partial charge on any atom is -0.370 e. The third kappa shape index (κ3) is 4.65. The predicted octanol–water partition coefficient (Wildman–Crippen LogP) is 4.01. The molecule has 0 bridgehead atoms. The van der Waals surface area contributed by atoms with Crippen LogP contribution in [0.5, 0.6) is 0 Å². The molecule has 0 spiro atoms. The maximum atomic E-state index is 12.5. The highest BCUT2D eigenvalue weighted by Crippen LogP contribution is 2.29. The lowest BCUT2D eigenvalue weighted by atomic mass is 10.1. The summed E-state index contributed by atoms with van der Waals surface area (Å²) in [5.74, 6) is -0.152. The Morgan fingerprint density at radius 2 is 1.75 bits per heavy atom. The van der Waals surface area contributed by atoms with Crippen LogP contribution in [0.15, 0.2) is 42.5 Å². The molecule has 2 aromatic carbocycles. The largest absolute Gasteiger partial charge is 0.370 e. The molecule has 2 fully saturated rings. The fourth-order valence-electron chi connectivity index (χ4n) is 3.46. The lowest BCUT2D eigenvalue weighted by molar-refractivity contribution is -0.120. The van der Waals surface area contributed by atoms with Crippen LogP contribution >= 0.6 is 11.6 Å². The van der Waals surface area contributed by atoms with Crippen LogP contribution < -0.4 is 15.5 Å². The van der Waals surface area contributed by atoms with E-state index in [4.69, 9.17) is 11.6 Å². The van der Waals surface area contributed by atoms with Crippen LogP contribution in [0, 0.1) is 0 Å². The van der Waals surface area contributed by atoms with Crippen molar-refractivity contribution in [2.75, 3.05) is 23.3 Å². The molecule has 1 aliphatic heterocycles. The van der Waals surface area contributed by atoms with E-state index >= 15 is 0 Å². The van der Waals surface area contributed by atoms with Gasteiger partial charge in [-0.1, -0.05) is 23.7 Å². The first-order chi connectivity index (χ1) is 13.6. The van der Waals surface area contributed by atoms with Crippen LogP contribution in [0.4, 0.5) is 11.4 Å². The molecule has 146 valence electrons. The molecule has 2 N–H and O–H groups in total. The van der Waals surface area contributed by atoms with Crippen molar-refractivity contribution in [2.24, 2.45) is 0 Å². The summed E-state index contributed by atoms with van der Waals surface area (Å²) >= 11 is 6.41. The van der Waals surface area contributed by atoms with Gasteiger partial charge in [-0.3, -0.25) is 9.59 Å². The molecule has 2 aromatic rings. The lowest BCUT2D eigenvalue weighted by Gasteiger charge is -2.19. The molecule has 28 heavy (non-hydrogen) atoms. The molecule has 0 aromatic heterocycles. The first kappa shape index (κ1) is 18.8. The Balaban J connectivity index is 1.36. The average molecular weight is 398 g/mol. The third-order valence-electron chi connectivity index (χ3n) is 5.18. The number of hydrogen-bond donors (Lipinski definition) is 2. The highest BCUT2D eigenvalue weighted by molar-refractivity contribution is 6.33. The van der Waals surface area contributed by atoms with Crippen molar-refractivity contribution < 1.29 is 9.59 Å². The molecule has 1 aliphatic carbocycles. The smallest absolute Gasteiger partial charge is 0.255 e. The second kappa shape index (κ2) is 8.23. The normalized spacial score (nSPS) is 16.1. The van der Waals surface area contributed by atoms with E-state index in [0.29, 0.717) is 28.7 Å². The minimum atomic E-state index is -0.200. The van der Waals surface area contributed by atoms with Gasteiger partial charge in [0, 0.05) is 30.4 Å². The quantitative estimate of drug-likeness (QED) is 0.774. The van der Waals surface area contributed by atoms with E-state index in [1.165, 1.54) is 12.8 Å². The minimum absolute atomic E-state index is 0.0482. The topological polar surface area (TPSA) is 61.4 Å². The zero-order chi connectivity index (χ0) is 19.5. The number of nitrogens with one attached hydrogen (secondary N) is 2. The molecule has 4 rings (SSSR count). The molecule has 6 heteroatoms. The Morgan fingerprint density at radius 1 is 1.04 bits per heavy atom. The summed E-state index contributed by atoms with van der Waals surface area (Å²) in [7, 11) is 0. The molecule has 0 radical (unpaired) electrons. The van der Waals surface area contributed by atoms with E-state index in [2.05, 4.69) is 15.5 Å². The Labute approximate surface area is 170 Å². The summed E-state index contributed by atoms with van der Waals surface area (Å²) in [4.78, 5) is 26.7. The van der Waals surface area contributed by atoms with Crippen molar-refractivity contribution in [2.45, 2.75) is 38.1 Å². The number of hydrogen-bond acceptors (Lipinski definition) is 3. The van der Waals surface area contributed by atoms with Crippen LogP contribution in [0.25, 0.3) is 0 Å². The van der Waals surface area contributed by atoms with E-state index in [1.54, 1.807) is 6.07 Å². The van der Waals surface area contributed by atoms with Gasteiger partial charge in [0.1, 0.15) is 0 Å². The summed E-state index contributed by atoms with van der Waals surface area (Å²) in [6, 6.07) is 13.2. The number of carbonyl (C=O) groups is 2. The van der Waals surface area contributed by atoms with Gasteiger partial charge in [-0.15, -0.1) is 0 Å². The zero-order valence-electron chi connectivity index (χ0n) is 15.7. The van der Waals surface area contributed by atoms with Crippen LogP contribution in [0.1, 0.15) is 41.6 Å². The molecule has 5 nitrogen and oxygen atoms in total. The molecule has 1 saturated heterocycles. The first-order valence-corrected chi connectivity index (χ1v) is 10.2. The second-order valence-electron chi connectivity index (χ2n) is 7.53. The Morgan fingerprint density at radius 3 is 2.39 bits per heavy atom. The highest BCUT2D eigenvalue weighted by Gasteiger charge is 2.23. The fourth-order valence-corrected chi connectivity index (χ4v) is 3.76. The van der Waals surface area contributed by atoms with Crippen LogP contribution in [0.3, 0.4) is 0 Å². The van der Waals surface area contributed by atoms with Gasteiger partial charge in [0.15, 0.2) is 0 Å². The van der Waals surface area contributed by atoms with Crippen molar-refractivity contribution >= 4 is 34.8 Å². The number of halogens is 1. The van der Waals surface area contributed by atoms with E-state index in [0.717, 1.165) is 37.2 Å². The Bertz CT molecular complexity index is 872. The molecule has 2 aliphatic rings. The summed E-state index contributed by atoms with van der Waals surface area (Å²) in [6.45, 7) is 2.02. The van der Waals surface area contributed by atoms with Gasteiger partial charge in [0.05, 0.1) is 17.1 Å². The number of carbonyl (C=O) groups excluding carboxylic acids is 2. The molecule has 0 atom stereocenters. The molecule has 1 saturated carbocycles. The van der Waals surface area contributed by atoms with Gasteiger partial charge >= 0.3 is 0 Å². The van der Waals surface area contributed by atoms with E-state index in [9.17, 15) is 9.59 Å². The Hall–Kier alpha value is -2.53. The highest BCUT2D eigenvalue weighted by atomic mass is 35.5. The second-order valence-corrected chi connectivity index (χ2v) is 7.94. The number of rotatable bonds is 6. The number of benzene rings is 2. The van der Waals surface area contributed by atoms with Gasteiger partial charge in [-0.2, -0.15) is 0 Å². The maximum Gasteiger partial charge on any atom is 0.255 e. The lowest BCUT2D eigenvalue weighted by Crippen LogP contribution is -2.26. The summed E-state index contributed by atoms with van der Waals surface area (Å²) < 4.78 is 0. The SMILES string of the molecule is O=C(Cc1ccc(NC(=O)c2ccc(N3CCCC3)c(Cl)c2)cc1)NC1CC1. The number of nitrogens with zero attached hydrogens (tertiary/aromatic N) is 1. The molecule has 1 heterocycles. The van der Waals surface area contributed by atoms with Gasteiger partial charge in [-0.05, 0) is 61.6 Å². The van der Waals surface area contributed by atoms with Gasteiger partial charge < -0.3 is 15.5 Å². The first-order valence-electron chi connectivity index (χ1n) is 9.82. The summed E-state index contributed by atoms with van der Waals surface area (Å²) in [5, 5.41) is 6.46. The third-order valence-corrected chi connectivity index (χ3v) is 5.48. The Kier molecular flexibility index (Phi) is 5.53. The van der Waals surface area contributed by atoms with Gasteiger partial charge in [0.25, 0.3) is 5.91 Å². The van der Waals surface area contributed by atoms with E-state index in [1.807, 2.05) is 36.4 Å². The van der Waals surface area contributed by atoms with Crippen LogP contribution in [-0.2, 0) is 11.2 Å². The van der Waals surface area contributed by atoms with Crippen molar-refractivity contribution in [3.8, 4) is 0 Å². The number of amides is 2. The monoisotopic (exact) mass is 397 g/mol. The average Bonchev–Trinajstić information content (AvgIpc) is 3.32. The van der Waals surface area contributed by atoms with Gasteiger partial charge in [0.2, 0.25) is 5.91 Å². The molecular weight excluding hydrogens is 374 g/mol. The van der Waals surface area contributed by atoms with Gasteiger partial charge in [-0.25, -0.2) is 0 Å². The van der Waals surface area contributed by atoms with Crippen LogP contribution in [-0.4, -0.2) is 30.9 Å². The van der Waals surface area contributed by atoms with E-state index in [-0.39, 0.29) is 11.8 Å². The van der Waals surface area contributed by atoms with E-state index < -0.39 is 0 Å². The van der Waals surface area contributed by atoms with Crippen molar-refractivity contribution in [1.29, 1.82) is 0 Å².